The molecule has 2 N–H and O–H groups in total. The van der Waals surface area contributed by atoms with E-state index in [4.69, 9.17) is 4.74 Å². The average molecular weight is 387 g/mol. The zero-order valence-corrected chi connectivity index (χ0v) is 16.1. The molecule has 0 heterocycles. The fourth-order valence-corrected chi connectivity index (χ4v) is 4.53. The van der Waals surface area contributed by atoms with Gasteiger partial charge in [-0.1, -0.05) is 48.5 Å². The smallest absolute Gasteiger partial charge is 0.407 e. The average Bonchev–Trinajstić information content (AvgIpc) is 2.92. The quantitative estimate of drug-likeness (QED) is 0.739. The summed E-state index contributed by atoms with van der Waals surface area (Å²) in [7, 11) is -2.61. The van der Waals surface area contributed by atoms with E-state index in [9.17, 15) is 19.3 Å². The number of nitrogens with one attached hydrogen (secondary N) is 1. The normalized spacial score (nSPS) is 14.1. The standard InChI is InChI=1S/C20H22NO5P/c1-27(2,25)12-18(19(22)23)21-20(24)26-11-17-15-9-5-3-7-13(15)14-8-4-6-10-16(14)17/h3-10,17-18H,11-12H2,1-2H3,(H,21,24)(H,22,23). The number of ether oxygens (including phenoxy) is 1. The predicted molar refractivity (Wildman–Crippen MR) is 104 cm³/mol. The second-order valence-electron chi connectivity index (χ2n) is 7.12. The lowest BCUT2D eigenvalue weighted by atomic mass is 9.98. The Bertz CT molecular complexity index is 875. The van der Waals surface area contributed by atoms with Crippen molar-refractivity contribution in [3.8, 4) is 11.1 Å². The summed E-state index contributed by atoms with van der Waals surface area (Å²) >= 11 is 0. The molecule has 1 aliphatic carbocycles. The van der Waals surface area contributed by atoms with Gasteiger partial charge in [-0.25, -0.2) is 9.59 Å². The van der Waals surface area contributed by atoms with E-state index in [1.54, 1.807) is 0 Å². The van der Waals surface area contributed by atoms with Gasteiger partial charge in [-0.2, -0.15) is 0 Å². The van der Waals surface area contributed by atoms with E-state index in [1.165, 1.54) is 13.3 Å². The van der Waals surface area contributed by atoms with E-state index in [0.29, 0.717) is 0 Å². The van der Waals surface area contributed by atoms with Gasteiger partial charge in [0.1, 0.15) is 12.6 Å². The maximum Gasteiger partial charge on any atom is 0.407 e. The molecule has 0 bridgehead atoms. The van der Waals surface area contributed by atoms with Gasteiger partial charge < -0.3 is 19.7 Å². The first kappa shape index (κ1) is 19.2. The lowest BCUT2D eigenvalue weighted by Gasteiger charge is -2.18. The molecule has 6 nitrogen and oxygen atoms in total. The van der Waals surface area contributed by atoms with Gasteiger partial charge in [0.15, 0.2) is 0 Å². The Labute approximate surface area is 157 Å². The largest absolute Gasteiger partial charge is 0.480 e. The zero-order chi connectivity index (χ0) is 19.6. The number of alkyl carbamates (subject to hydrolysis) is 1. The monoisotopic (exact) mass is 387 g/mol. The SMILES string of the molecule is CP(C)(=O)CC(NC(=O)OCC1c2ccccc2-c2ccccc21)C(=O)O. The molecule has 0 aromatic heterocycles. The molecular weight excluding hydrogens is 365 g/mol. The molecule has 0 spiro atoms. The summed E-state index contributed by atoms with van der Waals surface area (Å²) in [6.45, 7) is 3.08. The molecule has 0 saturated carbocycles. The minimum atomic E-state index is -2.61. The molecule has 1 atom stereocenters. The van der Waals surface area contributed by atoms with Gasteiger partial charge in [-0.15, -0.1) is 0 Å². The lowest BCUT2D eigenvalue weighted by molar-refractivity contribution is -0.138. The number of hydrogen-bond acceptors (Lipinski definition) is 4. The second kappa shape index (κ2) is 7.57. The van der Waals surface area contributed by atoms with Crippen LogP contribution in [-0.4, -0.2) is 49.3 Å². The Kier molecular flexibility index (Phi) is 5.38. The summed E-state index contributed by atoms with van der Waals surface area (Å²) in [4.78, 5) is 23.4. The van der Waals surface area contributed by atoms with Crippen molar-refractivity contribution < 1.29 is 24.0 Å². The number of aliphatic carboxylic acids is 1. The van der Waals surface area contributed by atoms with Crippen molar-refractivity contribution in [1.82, 2.24) is 5.32 Å². The van der Waals surface area contributed by atoms with E-state index in [1.807, 2.05) is 48.5 Å². The predicted octanol–water partition coefficient (Wildman–Crippen LogP) is 3.60. The molecule has 3 rings (SSSR count). The molecule has 1 amide bonds. The lowest BCUT2D eigenvalue weighted by Crippen LogP contribution is -2.43. The number of carbonyl (C=O) groups is 2. The number of amides is 1. The number of benzene rings is 2. The summed E-state index contributed by atoms with van der Waals surface area (Å²) in [5.41, 5.74) is 4.38. The molecule has 0 radical (unpaired) electrons. The summed E-state index contributed by atoms with van der Waals surface area (Å²) < 4.78 is 17.2. The van der Waals surface area contributed by atoms with Crippen LogP contribution in [0.2, 0.25) is 0 Å². The van der Waals surface area contributed by atoms with Gasteiger partial charge in [-0.3, -0.25) is 0 Å². The van der Waals surface area contributed by atoms with Crippen molar-refractivity contribution in [2.45, 2.75) is 12.0 Å². The van der Waals surface area contributed by atoms with Crippen molar-refractivity contribution in [2.24, 2.45) is 0 Å². The van der Waals surface area contributed by atoms with Crippen LogP contribution in [0.15, 0.2) is 48.5 Å². The summed E-state index contributed by atoms with van der Waals surface area (Å²) in [6.07, 6.45) is -0.940. The summed E-state index contributed by atoms with van der Waals surface area (Å²) in [5, 5.41) is 11.5. The van der Waals surface area contributed by atoms with Gasteiger partial charge in [0.05, 0.1) is 7.14 Å². The molecule has 142 valence electrons. The summed E-state index contributed by atoms with van der Waals surface area (Å²) in [6, 6.07) is 14.7. The zero-order valence-electron chi connectivity index (χ0n) is 15.2. The van der Waals surface area contributed by atoms with Gasteiger partial charge >= 0.3 is 12.1 Å². The van der Waals surface area contributed by atoms with Gasteiger partial charge in [0.2, 0.25) is 0 Å². The first-order valence-corrected chi connectivity index (χ1v) is 11.4. The number of carboxylic acids is 1. The maximum absolute atomic E-state index is 12.1. The summed E-state index contributed by atoms with van der Waals surface area (Å²) in [5.74, 6) is -1.33. The number of fused-ring (bicyclic) bond motifs is 3. The van der Waals surface area contributed by atoms with Gasteiger partial charge in [0, 0.05) is 12.1 Å². The van der Waals surface area contributed by atoms with Crippen LogP contribution >= 0.6 is 7.14 Å². The minimum absolute atomic E-state index is 0.0993. The van der Waals surface area contributed by atoms with Crippen LogP contribution in [0.4, 0.5) is 4.79 Å². The molecule has 1 aliphatic rings. The van der Waals surface area contributed by atoms with Crippen molar-refractivity contribution in [3.63, 3.8) is 0 Å². The van der Waals surface area contributed by atoms with Crippen molar-refractivity contribution in [3.05, 3.63) is 59.7 Å². The number of carboxylic acid groups (broad SMARTS) is 1. The Balaban J connectivity index is 1.70. The highest BCUT2D eigenvalue weighted by molar-refractivity contribution is 7.62. The third kappa shape index (κ3) is 4.40. The fourth-order valence-electron chi connectivity index (χ4n) is 3.41. The van der Waals surface area contributed by atoms with E-state index in [0.717, 1.165) is 22.3 Å². The number of hydrogen-bond donors (Lipinski definition) is 2. The van der Waals surface area contributed by atoms with Crippen molar-refractivity contribution >= 4 is 19.2 Å². The molecular formula is C20H22NO5P. The van der Waals surface area contributed by atoms with Crippen LogP contribution in [-0.2, 0) is 14.1 Å². The maximum atomic E-state index is 12.1. The first-order chi connectivity index (χ1) is 12.8. The molecule has 27 heavy (non-hydrogen) atoms. The highest BCUT2D eigenvalue weighted by atomic mass is 31.2. The highest BCUT2D eigenvalue weighted by Gasteiger charge is 2.30. The van der Waals surface area contributed by atoms with Crippen LogP contribution in [0.5, 0.6) is 0 Å². The van der Waals surface area contributed by atoms with Crippen LogP contribution in [0.3, 0.4) is 0 Å². The van der Waals surface area contributed by atoms with Crippen molar-refractivity contribution in [1.29, 1.82) is 0 Å². The molecule has 2 aromatic carbocycles. The Morgan fingerprint density at radius 3 is 2.07 bits per heavy atom. The van der Waals surface area contributed by atoms with Gasteiger partial charge in [-0.05, 0) is 35.6 Å². The highest BCUT2D eigenvalue weighted by Crippen LogP contribution is 2.44. The van der Waals surface area contributed by atoms with Crippen LogP contribution in [0.1, 0.15) is 17.0 Å². The van der Waals surface area contributed by atoms with Crippen LogP contribution in [0.25, 0.3) is 11.1 Å². The van der Waals surface area contributed by atoms with Crippen molar-refractivity contribution in [2.75, 3.05) is 26.1 Å². The third-order valence-corrected chi connectivity index (χ3v) is 5.80. The van der Waals surface area contributed by atoms with Gasteiger partial charge in [0.25, 0.3) is 0 Å². The van der Waals surface area contributed by atoms with E-state index >= 15 is 0 Å². The molecule has 2 aromatic rings. The van der Waals surface area contributed by atoms with E-state index in [2.05, 4.69) is 5.32 Å². The third-order valence-electron chi connectivity index (χ3n) is 4.56. The molecule has 0 aliphatic heterocycles. The topological polar surface area (TPSA) is 92.7 Å². The van der Waals surface area contributed by atoms with Crippen LogP contribution in [0, 0.1) is 0 Å². The first-order valence-electron chi connectivity index (χ1n) is 8.64. The number of rotatable bonds is 6. The Hall–Kier alpha value is -2.59. The molecule has 0 saturated heterocycles. The second-order valence-corrected chi connectivity index (χ2v) is 10.6. The Morgan fingerprint density at radius 1 is 1.07 bits per heavy atom. The minimum Gasteiger partial charge on any atom is -0.480 e. The Morgan fingerprint density at radius 2 is 1.59 bits per heavy atom. The molecule has 1 unspecified atom stereocenters. The van der Waals surface area contributed by atoms with E-state index < -0.39 is 25.2 Å². The fraction of sp³-hybridized carbons (Fsp3) is 0.300. The van der Waals surface area contributed by atoms with E-state index in [-0.39, 0.29) is 18.7 Å². The number of carbonyl (C=O) groups excluding carboxylic acids is 1. The molecule has 7 heteroatoms. The molecule has 0 fully saturated rings. The van der Waals surface area contributed by atoms with Crippen LogP contribution < -0.4 is 5.32 Å².